The van der Waals surface area contributed by atoms with Crippen LogP contribution >= 0.6 is 0 Å². The number of morpholine rings is 1. The number of amides is 1. The maximum Gasteiger partial charge on any atom is 0.248 e. The van der Waals surface area contributed by atoms with Gasteiger partial charge in [0.1, 0.15) is 16.8 Å². The predicted molar refractivity (Wildman–Crippen MR) is 123 cm³/mol. The van der Waals surface area contributed by atoms with Crippen LogP contribution < -0.4 is 10.2 Å². The van der Waals surface area contributed by atoms with E-state index in [1.807, 2.05) is 25.7 Å². The molecule has 3 atom stereocenters. The van der Waals surface area contributed by atoms with E-state index in [4.69, 9.17) is 4.74 Å². The first-order valence-corrected chi connectivity index (χ1v) is 13.5. The van der Waals surface area contributed by atoms with Gasteiger partial charge in [-0.05, 0) is 58.6 Å². The van der Waals surface area contributed by atoms with E-state index in [9.17, 15) is 22.0 Å². The summed E-state index contributed by atoms with van der Waals surface area (Å²) in [6, 6.07) is 1.89. The zero-order chi connectivity index (χ0) is 24.7. The SMILES string of the molecule is Cc1ccc(S(=O)(=O)N2CCC[C@H]2C(=O)NC2CCC(F)(F)CC2)c(N2[C@@H](C)COC[C@@H]2C)n1. The molecule has 0 spiro atoms. The Hall–Kier alpha value is -1.85. The van der Waals surface area contributed by atoms with Crippen LogP contribution in [0.15, 0.2) is 17.0 Å². The van der Waals surface area contributed by atoms with Crippen molar-refractivity contribution in [1.29, 1.82) is 0 Å². The molecule has 1 aromatic heterocycles. The molecule has 3 heterocycles. The lowest BCUT2D eigenvalue weighted by Crippen LogP contribution is -2.52. The maximum atomic E-state index is 13.9. The van der Waals surface area contributed by atoms with Crippen LogP contribution in [0.1, 0.15) is 58.1 Å². The first kappa shape index (κ1) is 25.2. The minimum Gasteiger partial charge on any atom is -0.377 e. The average molecular weight is 501 g/mol. The zero-order valence-electron chi connectivity index (χ0n) is 20.0. The van der Waals surface area contributed by atoms with Gasteiger partial charge in [-0.15, -0.1) is 0 Å². The smallest absolute Gasteiger partial charge is 0.248 e. The van der Waals surface area contributed by atoms with Crippen molar-refractivity contribution in [3.8, 4) is 0 Å². The first-order valence-electron chi connectivity index (χ1n) is 12.0. The first-order chi connectivity index (χ1) is 16.0. The summed E-state index contributed by atoms with van der Waals surface area (Å²) >= 11 is 0. The lowest BCUT2D eigenvalue weighted by molar-refractivity contribution is -0.126. The largest absolute Gasteiger partial charge is 0.377 e. The molecule has 0 unspecified atom stereocenters. The molecule has 2 aliphatic heterocycles. The van der Waals surface area contributed by atoms with Crippen LogP contribution in [-0.2, 0) is 19.6 Å². The zero-order valence-corrected chi connectivity index (χ0v) is 20.8. The van der Waals surface area contributed by atoms with Gasteiger partial charge in [0, 0.05) is 31.1 Å². The summed E-state index contributed by atoms with van der Waals surface area (Å²) in [4.78, 5) is 19.7. The lowest BCUT2D eigenvalue weighted by atomic mass is 9.92. The molecule has 8 nitrogen and oxygen atoms in total. The van der Waals surface area contributed by atoms with Gasteiger partial charge in [-0.25, -0.2) is 22.2 Å². The molecule has 1 amide bonds. The Morgan fingerprint density at radius 3 is 2.44 bits per heavy atom. The second kappa shape index (κ2) is 9.66. The summed E-state index contributed by atoms with van der Waals surface area (Å²) in [5.41, 5.74) is 0.699. The minimum atomic E-state index is -4.03. The van der Waals surface area contributed by atoms with Crippen molar-refractivity contribution in [3.63, 3.8) is 0 Å². The summed E-state index contributed by atoms with van der Waals surface area (Å²) in [5.74, 6) is -2.72. The molecule has 1 aliphatic carbocycles. The quantitative estimate of drug-likeness (QED) is 0.669. The van der Waals surface area contributed by atoms with Gasteiger partial charge < -0.3 is 15.0 Å². The number of pyridine rings is 1. The van der Waals surface area contributed by atoms with E-state index in [0.717, 1.165) is 0 Å². The maximum absolute atomic E-state index is 13.9. The van der Waals surface area contributed by atoms with E-state index in [-0.39, 0.29) is 55.2 Å². The summed E-state index contributed by atoms with van der Waals surface area (Å²) in [5, 5.41) is 2.83. The average Bonchev–Trinajstić information content (AvgIpc) is 3.26. The molecule has 0 aromatic carbocycles. The highest BCUT2D eigenvalue weighted by Crippen LogP contribution is 2.35. The molecule has 11 heteroatoms. The molecule has 3 aliphatic rings. The minimum absolute atomic E-state index is 0.0610. The van der Waals surface area contributed by atoms with Crippen LogP contribution in [0.25, 0.3) is 0 Å². The van der Waals surface area contributed by atoms with Gasteiger partial charge in [-0.3, -0.25) is 4.79 Å². The summed E-state index contributed by atoms with van der Waals surface area (Å²) in [7, 11) is -4.03. The molecule has 0 bridgehead atoms. The van der Waals surface area contributed by atoms with Gasteiger partial charge in [0.25, 0.3) is 0 Å². The second-order valence-corrected chi connectivity index (χ2v) is 11.7. The summed E-state index contributed by atoms with van der Waals surface area (Å²) < 4.78 is 61.5. The fourth-order valence-corrected chi connectivity index (χ4v) is 7.02. The molecular weight excluding hydrogens is 466 g/mol. The number of nitrogens with one attached hydrogen (secondary N) is 1. The van der Waals surface area contributed by atoms with Crippen LogP contribution in [0.4, 0.5) is 14.6 Å². The van der Waals surface area contributed by atoms with Crippen molar-refractivity contribution in [2.75, 3.05) is 24.7 Å². The number of alkyl halides is 2. The summed E-state index contributed by atoms with van der Waals surface area (Å²) in [6.45, 7) is 6.91. The lowest BCUT2D eigenvalue weighted by Gasteiger charge is -2.40. The van der Waals surface area contributed by atoms with E-state index < -0.39 is 27.9 Å². The van der Waals surface area contributed by atoms with Crippen LogP contribution in [-0.4, -0.2) is 73.5 Å². The molecule has 190 valence electrons. The number of aryl methyl sites for hydroxylation is 1. The number of hydrogen-bond donors (Lipinski definition) is 1. The molecule has 1 saturated carbocycles. The van der Waals surface area contributed by atoms with Crippen LogP contribution in [0.2, 0.25) is 0 Å². The van der Waals surface area contributed by atoms with E-state index >= 15 is 0 Å². The van der Waals surface area contributed by atoms with Crippen molar-refractivity contribution < 1.29 is 26.7 Å². The molecular formula is C23H34F2N4O4S. The monoisotopic (exact) mass is 500 g/mol. The Morgan fingerprint density at radius 1 is 1.15 bits per heavy atom. The number of hydrogen-bond acceptors (Lipinski definition) is 6. The Labute approximate surface area is 200 Å². The molecule has 34 heavy (non-hydrogen) atoms. The van der Waals surface area contributed by atoms with E-state index in [1.165, 1.54) is 4.31 Å². The Balaban J connectivity index is 1.58. The molecule has 0 radical (unpaired) electrons. The number of halogens is 2. The third kappa shape index (κ3) is 5.06. The van der Waals surface area contributed by atoms with Crippen LogP contribution in [0, 0.1) is 6.92 Å². The van der Waals surface area contributed by atoms with E-state index in [1.54, 1.807) is 12.1 Å². The number of carbonyl (C=O) groups is 1. The third-order valence-corrected chi connectivity index (χ3v) is 8.98. The van der Waals surface area contributed by atoms with Gasteiger partial charge >= 0.3 is 0 Å². The highest BCUT2D eigenvalue weighted by atomic mass is 32.2. The number of anilines is 1. The van der Waals surface area contributed by atoms with Crippen molar-refractivity contribution in [2.45, 2.75) is 94.3 Å². The topological polar surface area (TPSA) is 91.8 Å². The second-order valence-electron chi connectivity index (χ2n) is 9.83. The summed E-state index contributed by atoms with van der Waals surface area (Å²) in [6.07, 6.45) is 0.804. The number of sulfonamides is 1. The Bertz CT molecular complexity index is 1000. The van der Waals surface area contributed by atoms with E-state index in [0.29, 0.717) is 37.6 Å². The van der Waals surface area contributed by atoms with Gasteiger partial charge in [0.15, 0.2) is 0 Å². The molecule has 2 saturated heterocycles. The fraction of sp³-hybridized carbons (Fsp3) is 0.739. The van der Waals surface area contributed by atoms with Gasteiger partial charge in [0.05, 0.1) is 25.3 Å². The Morgan fingerprint density at radius 2 is 1.79 bits per heavy atom. The van der Waals surface area contributed by atoms with Crippen molar-refractivity contribution in [1.82, 2.24) is 14.6 Å². The molecule has 3 fully saturated rings. The van der Waals surface area contributed by atoms with Crippen LogP contribution in [0.3, 0.4) is 0 Å². The molecule has 4 rings (SSSR count). The van der Waals surface area contributed by atoms with Crippen LogP contribution in [0.5, 0.6) is 0 Å². The van der Waals surface area contributed by atoms with Gasteiger partial charge in [0.2, 0.25) is 21.9 Å². The van der Waals surface area contributed by atoms with Crippen molar-refractivity contribution in [2.24, 2.45) is 0 Å². The number of nitrogens with zero attached hydrogens (tertiary/aromatic N) is 3. The predicted octanol–water partition coefficient (Wildman–Crippen LogP) is 2.85. The highest BCUT2D eigenvalue weighted by molar-refractivity contribution is 7.89. The number of carbonyl (C=O) groups excluding carboxylic acids is 1. The normalized spacial score (nSPS) is 28.7. The van der Waals surface area contributed by atoms with Crippen molar-refractivity contribution >= 4 is 21.7 Å². The Kier molecular flexibility index (Phi) is 7.17. The van der Waals surface area contributed by atoms with Gasteiger partial charge in [-0.2, -0.15) is 4.31 Å². The fourth-order valence-electron chi connectivity index (χ4n) is 5.24. The highest BCUT2D eigenvalue weighted by Gasteiger charge is 2.43. The standard InChI is InChI=1S/C23H34F2N4O4S/c1-15-6-7-20(21(26-15)29-16(2)13-33-14-17(29)3)34(31,32)28-12-4-5-19(28)22(30)27-18-8-10-23(24,25)11-9-18/h6-7,16-19H,4-5,8-14H2,1-3H3,(H,27,30)/t16-,17-,19-/m0/s1. The number of ether oxygens (including phenoxy) is 1. The third-order valence-electron chi connectivity index (χ3n) is 7.05. The molecule has 1 N–H and O–H groups in total. The van der Waals surface area contributed by atoms with Crippen molar-refractivity contribution in [3.05, 3.63) is 17.8 Å². The number of rotatable bonds is 5. The molecule has 1 aromatic rings. The van der Waals surface area contributed by atoms with E-state index in [2.05, 4.69) is 10.3 Å². The van der Waals surface area contributed by atoms with Gasteiger partial charge in [-0.1, -0.05) is 0 Å². The number of aromatic nitrogens is 1.